The highest BCUT2D eigenvalue weighted by atomic mass is 16.2. The molecular formula is C27H26N6O2. The highest BCUT2D eigenvalue weighted by molar-refractivity contribution is 5.97. The second-order valence-corrected chi connectivity index (χ2v) is 9.47. The number of amides is 2. The van der Waals surface area contributed by atoms with Gasteiger partial charge in [0, 0.05) is 61.8 Å². The lowest BCUT2D eigenvalue weighted by atomic mass is 10.0. The first kappa shape index (κ1) is 21.5. The zero-order valence-electron chi connectivity index (χ0n) is 19.3. The monoisotopic (exact) mass is 466 g/mol. The molecule has 0 aliphatic carbocycles. The number of carbonyl (C=O) groups excluding carboxylic acids is 2. The van der Waals surface area contributed by atoms with Crippen LogP contribution in [0.2, 0.25) is 0 Å². The van der Waals surface area contributed by atoms with Crippen LogP contribution in [0.4, 0.5) is 0 Å². The van der Waals surface area contributed by atoms with E-state index in [4.69, 9.17) is 0 Å². The van der Waals surface area contributed by atoms with Crippen molar-refractivity contribution in [2.75, 3.05) is 26.2 Å². The normalized spacial score (nSPS) is 19.3. The minimum atomic E-state index is 0.0219. The molecule has 2 fully saturated rings. The summed E-state index contributed by atoms with van der Waals surface area (Å²) in [5.74, 6) is 0.880. The van der Waals surface area contributed by atoms with Gasteiger partial charge in [-0.25, -0.2) is 0 Å². The van der Waals surface area contributed by atoms with E-state index in [1.807, 2.05) is 58.5 Å². The van der Waals surface area contributed by atoms with E-state index in [0.29, 0.717) is 48.8 Å². The molecule has 0 bridgehead atoms. The molecule has 2 saturated heterocycles. The van der Waals surface area contributed by atoms with Gasteiger partial charge in [-0.05, 0) is 36.2 Å². The standard InChI is InChI=1S/C27H26N6O2/c34-26(11-7-18-6-9-23(28-13-18)19-4-2-1-3-5-19)32-14-21-16-33(17-22(21)15-32)27(35)20-8-10-24-25(12-20)30-31-29-24/h1-6,8-10,12-13,21-22H,7,11,14-17H2,(H,29,30,31). The fourth-order valence-electron chi connectivity index (χ4n) is 5.28. The Balaban J connectivity index is 1.01. The van der Waals surface area contributed by atoms with E-state index >= 15 is 0 Å². The lowest BCUT2D eigenvalue weighted by Gasteiger charge is -2.22. The summed E-state index contributed by atoms with van der Waals surface area (Å²) in [5, 5.41) is 10.7. The largest absolute Gasteiger partial charge is 0.342 e. The summed E-state index contributed by atoms with van der Waals surface area (Å²) in [6.07, 6.45) is 3.03. The predicted molar refractivity (Wildman–Crippen MR) is 131 cm³/mol. The minimum absolute atomic E-state index is 0.0219. The molecule has 35 heavy (non-hydrogen) atoms. The van der Waals surface area contributed by atoms with Crippen LogP contribution in [0.3, 0.4) is 0 Å². The number of carbonyl (C=O) groups is 2. The molecule has 6 rings (SSSR count). The van der Waals surface area contributed by atoms with Crippen molar-refractivity contribution in [1.82, 2.24) is 30.2 Å². The molecule has 0 spiro atoms. The zero-order chi connectivity index (χ0) is 23.8. The number of benzene rings is 2. The molecule has 2 amide bonds. The average molecular weight is 467 g/mol. The Morgan fingerprint density at radius 3 is 2.34 bits per heavy atom. The molecule has 2 unspecified atom stereocenters. The number of pyridine rings is 1. The molecule has 2 atom stereocenters. The van der Waals surface area contributed by atoms with E-state index in [2.05, 4.69) is 26.5 Å². The lowest BCUT2D eigenvalue weighted by Crippen LogP contribution is -2.35. The van der Waals surface area contributed by atoms with E-state index in [1.165, 1.54) is 0 Å². The van der Waals surface area contributed by atoms with Gasteiger partial charge in [0.15, 0.2) is 0 Å². The first-order valence-electron chi connectivity index (χ1n) is 12.0. The molecule has 4 aromatic rings. The van der Waals surface area contributed by atoms with Crippen LogP contribution in [-0.2, 0) is 11.2 Å². The number of hydrogen-bond donors (Lipinski definition) is 1. The first-order chi connectivity index (χ1) is 17.1. The van der Waals surface area contributed by atoms with Crippen molar-refractivity contribution in [3.05, 3.63) is 78.0 Å². The van der Waals surface area contributed by atoms with Crippen LogP contribution >= 0.6 is 0 Å². The van der Waals surface area contributed by atoms with Crippen LogP contribution in [0.1, 0.15) is 22.3 Å². The smallest absolute Gasteiger partial charge is 0.253 e. The maximum atomic E-state index is 13.0. The van der Waals surface area contributed by atoms with Gasteiger partial charge in [0.1, 0.15) is 11.0 Å². The Hall–Kier alpha value is -4.07. The Morgan fingerprint density at radius 1 is 0.857 bits per heavy atom. The van der Waals surface area contributed by atoms with Crippen molar-refractivity contribution in [3.63, 3.8) is 0 Å². The molecule has 0 saturated carbocycles. The number of aromatic nitrogens is 4. The summed E-state index contributed by atoms with van der Waals surface area (Å²) in [7, 11) is 0. The maximum Gasteiger partial charge on any atom is 0.253 e. The summed E-state index contributed by atoms with van der Waals surface area (Å²) >= 11 is 0. The molecule has 8 heteroatoms. The molecule has 2 aromatic heterocycles. The molecule has 4 heterocycles. The molecular weight excluding hydrogens is 440 g/mol. The quantitative estimate of drug-likeness (QED) is 0.487. The molecule has 0 radical (unpaired) electrons. The van der Waals surface area contributed by atoms with Crippen LogP contribution in [0.5, 0.6) is 0 Å². The van der Waals surface area contributed by atoms with Crippen molar-refractivity contribution >= 4 is 22.8 Å². The number of likely N-dealkylation sites (tertiary alicyclic amines) is 2. The number of aromatic amines is 1. The van der Waals surface area contributed by atoms with Crippen molar-refractivity contribution < 1.29 is 9.59 Å². The third kappa shape index (κ3) is 4.27. The second-order valence-electron chi connectivity index (χ2n) is 9.47. The number of fused-ring (bicyclic) bond motifs is 2. The van der Waals surface area contributed by atoms with Crippen LogP contribution in [0.25, 0.3) is 22.3 Å². The third-order valence-electron chi connectivity index (χ3n) is 7.21. The molecule has 176 valence electrons. The van der Waals surface area contributed by atoms with Gasteiger partial charge < -0.3 is 9.80 Å². The SMILES string of the molecule is O=C(CCc1ccc(-c2ccccc2)nc1)N1CC2CN(C(=O)c3ccc4n[nH]nc4c3)CC2C1. The highest BCUT2D eigenvalue weighted by Gasteiger charge is 2.43. The van der Waals surface area contributed by atoms with Crippen molar-refractivity contribution in [2.24, 2.45) is 11.8 Å². The predicted octanol–water partition coefficient (Wildman–Crippen LogP) is 3.18. The van der Waals surface area contributed by atoms with Gasteiger partial charge in [-0.3, -0.25) is 14.6 Å². The van der Waals surface area contributed by atoms with Gasteiger partial charge >= 0.3 is 0 Å². The Kier molecular flexibility index (Phi) is 5.48. The van der Waals surface area contributed by atoms with E-state index in [9.17, 15) is 9.59 Å². The van der Waals surface area contributed by atoms with Crippen LogP contribution in [0, 0.1) is 11.8 Å². The number of nitrogens with one attached hydrogen (secondary N) is 1. The first-order valence-corrected chi connectivity index (χ1v) is 12.0. The molecule has 8 nitrogen and oxygen atoms in total. The third-order valence-corrected chi connectivity index (χ3v) is 7.21. The van der Waals surface area contributed by atoms with Gasteiger partial charge in [0.05, 0.1) is 5.69 Å². The lowest BCUT2D eigenvalue weighted by molar-refractivity contribution is -0.130. The maximum absolute atomic E-state index is 13.0. The number of hydrogen-bond acceptors (Lipinski definition) is 5. The summed E-state index contributed by atoms with van der Waals surface area (Å²) in [6.45, 7) is 2.82. The van der Waals surface area contributed by atoms with Crippen LogP contribution in [-0.4, -0.2) is 68.2 Å². The van der Waals surface area contributed by atoms with E-state index in [0.717, 1.165) is 35.4 Å². The summed E-state index contributed by atoms with van der Waals surface area (Å²) < 4.78 is 0. The van der Waals surface area contributed by atoms with Crippen LogP contribution < -0.4 is 0 Å². The fourth-order valence-corrected chi connectivity index (χ4v) is 5.28. The van der Waals surface area contributed by atoms with Gasteiger partial charge in [-0.1, -0.05) is 36.4 Å². The van der Waals surface area contributed by atoms with Crippen molar-refractivity contribution in [2.45, 2.75) is 12.8 Å². The topological polar surface area (TPSA) is 95.1 Å². The molecule has 1 N–H and O–H groups in total. The fraction of sp³-hybridized carbons (Fsp3) is 0.296. The van der Waals surface area contributed by atoms with Gasteiger partial charge in [-0.15, -0.1) is 0 Å². The van der Waals surface area contributed by atoms with E-state index in [-0.39, 0.29) is 11.8 Å². The number of H-pyrrole nitrogens is 1. The van der Waals surface area contributed by atoms with Crippen LogP contribution in [0.15, 0.2) is 66.9 Å². The second kappa shape index (κ2) is 8.94. The summed E-state index contributed by atoms with van der Waals surface area (Å²) in [4.78, 5) is 34.4. The number of nitrogens with zero attached hydrogens (tertiary/aromatic N) is 5. The Morgan fingerprint density at radius 2 is 1.60 bits per heavy atom. The Labute approximate surface area is 203 Å². The summed E-state index contributed by atoms with van der Waals surface area (Å²) in [6, 6.07) is 19.6. The van der Waals surface area contributed by atoms with Crippen molar-refractivity contribution in [3.8, 4) is 11.3 Å². The molecule has 2 aromatic carbocycles. The zero-order valence-corrected chi connectivity index (χ0v) is 19.3. The summed E-state index contributed by atoms with van der Waals surface area (Å²) in [5.41, 5.74) is 5.16. The molecule has 2 aliphatic rings. The number of aryl methyl sites for hydroxylation is 1. The highest BCUT2D eigenvalue weighted by Crippen LogP contribution is 2.32. The molecule has 2 aliphatic heterocycles. The minimum Gasteiger partial charge on any atom is -0.342 e. The van der Waals surface area contributed by atoms with Gasteiger partial charge in [0.25, 0.3) is 5.91 Å². The van der Waals surface area contributed by atoms with Gasteiger partial charge in [-0.2, -0.15) is 15.4 Å². The van der Waals surface area contributed by atoms with E-state index in [1.54, 1.807) is 12.1 Å². The van der Waals surface area contributed by atoms with Gasteiger partial charge in [0.2, 0.25) is 5.91 Å². The average Bonchev–Trinajstić information content (AvgIpc) is 3.62. The van der Waals surface area contributed by atoms with Crippen molar-refractivity contribution in [1.29, 1.82) is 0 Å². The number of rotatable bonds is 5. The van der Waals surface area contributed by atoms with E-state index < -0.39 is 0 Å². The Bertz CT molecular complexity index is 1350.